The summed E-state index contributed by atoms with van der Waals surface area (Å²) in [7, 11) is 1.93. The molecule has 2 aromatic rings. The molecule has 0 radical (unpaired) electrons. The molecule has 3 heterocycles. The third-order valence-electron chi connectivity index (χ3n) is 6.02. The van der Waals surface area contributed by atoms with Crippen molar-refractivity contribution in [2.75, 3.05) is 19.6 Å². The van der Waals surface area contributed by atoms with Crippen LogP contribution in [0.1, 0.15) is 42.6 Å². The number of fused-ring (bicyclic) bond motifs is 2. The summed E-state index contributed by atoms with van der Waals surface area (Å²) in [5.74, 6) is 0.582. The molecule has 0 spiro atoms. The summed E-state index contributed by atoms with van der Waals surface area (Å²) in [6, 6.07) is 8.35. The maximum absolute atomic E-state index is 12.8. The van der Waals surface area contributed by atoms with Crippen LogP contribution in [0.5, 0.6) is 0 Å². The summed E-state index contributed by atoms with van der Waals surface area (Å²) < 4.78 is 1.93. The highest BCUT2D eigenvalue weighted by atomic mass is 35.5. The van der Waals surface area contributed by atoms with Gasteiger partial charge in [-0.2, -0.15) is 0 Å². The van der Waals surface area contributed by atoms with E-state index in [1.54, 1.807) is 0 Å². The number of hydrogen-bond acceptors (Lipinski definition) is 2. The molecule has 1 aromatic heterocycles. The van der Waals surface area contributed by atoms with Gasteiger partial charge in [-0.15, -0.1) is 0 Å². The first-order valence-corrected chi connectivity index (χ1v) is 9.79. The first-order valence-electron chi connectivity index (χ1n) is 9.41. The second-order valence-corrected chi connectivity index (χ2v) is 7.88. The molecule has 4 rings (SSSR count). The molecule has 1 amide bonds. The third-order valence-corrected chi connectivity index (χ3v) is 6.35. The fraction of sp³-hybridized carbons (Fsp3) is 0.550. The van der Waals surface area contributed by atoms with Crippen molar-refractivity contribution < 1.29 is 4.79 Å². The molecule has 2 fully saturated rings. The number of nitrogens with zero attached hydrogens (tertiary/aromatic N) is 2. The van der Waals surface area contributed by atoms with Crippen LogP contribution in [0, 0.1) is 5.92 Å². The zero-order valence-electron chi connectivity index (χ0n) is 14.8. The van der Waals surface area contributed by atoms with E-state index < -0.39 is 0 Å². The average Bonchev–Trinajstić information content (AvgIpc) is 2.98. The summed E-state index contributed by atoms with van der Waals surface area (Å²) in [6.45, 7) is 3.24. The molecule has 25 heavy (non-hydrogen) atoms. The van der Waals surface area contributed by atoms with Crippen LogP contribution in [0.15, 0.2) is 24.3 Å². The number of amides is 1. The molecule has 0 bridgehead atoms. The van der Waals surface area contributed by atoms with Gasteiger partial charge in [-0.25, -0.2) is 0 Å². The van der Waals surface area contributed by atoms with Gasteiger partial charge in [0.25, 0.3) is 5.91 Å². The predicted octanol–water partition coefficient (Wildman–Crippen LogP) is 3.83. The minimum absolute atomic E-state index is 0.00250. The van der Waals surface area contributed by atoms with Crippen molar-refractivity contribution in [1.82, 2.24) is 14.8 Å². The van der Waals surface area contributed by atoms with E-state index in [-0.39, 0.29) is 5.91 Å². The van der Waals surface area contributed by atoms with Crippen molar-refractivity contribution in [2.45, 2.75) is 38.1 Å². The van der Waals surface area contributed by atoms with Gasteiger partial charge < -0.3 is 14.8 Å². The van der Waals surface area contributed by atoms with E-state index in [1.807, 2.05) is 35.9 Å². The second-order valence-electron chi connectivity index (χ2n) is 7.47. The summed E-state index contributed by atoms with van der Waals surface area (Å²) in [6.07, 6.45) is 6.41. The van der Waals surface area contributed by atoms with Crippen LogP contribution in [0.4, 0.5) is 0 Å². The Hall–Kier alpha value is -1.52. The minimum Gasteiger partial charge on any atom is -0.350 e. The molecule has 4 nitrogen and oxygen atoms in total. The number of halogens is 1. The minimum atomic E-state index is 0.00250. The summed E-state index contributed by atoms with van der Waals surface area (Å²) >= 11 is 6.27. The van der Waals surface area contributed by atoms with E-state index in [1.165, 1.54) is 45.2 Å². The molecule has 2 aliphatic rings. The summed E-state index contributed by atoms with van der Waals surface area (Å²) in [5.41, 5.74) is 1.67. The van der Waals surface area contributed by atoms with Crippen LogP contribution < -0.4 is 5.32 Å². The Labute approximate surface area is 154 Å². The molecule has 2 saturated heterocycles. The summed E-state index contributed by atoms with van der Waals surface area (Å²) in [5, 5.41) is 4.82. The van der Waals surface area contributed by atoms with Crippen molar-refractivity contribution in [2.24, 2.45) is 13.0 Å². The number of hydrogen-bond donors (Lipinski definition) is 1. The van der Waals surface area contributed by atoms with Gasteiger partial charge >= 0.3 is 0 Å². The number of aryl methyl sites for hydroxylation is 1. The van der Waals surface area contributed by atoms with Crippen LogP contribution in [0.25, 0.3) is 10.9 Å². The monoisotopic (exact) mass is 359 g/mol. The third kappa shape index (κ3) is 3.18. The molecule has 134 valence electrons. The van der Waals surface area contributed by atoms with E-state index in [4.69, 9.17) is 11.6 Å². The Bertz CT molecular complexity index is 783. The van der Waals surface area contributed by atoms with Gasteiger partial charge in [-0.05, 0) is 62.9 Å². The number of carbonyl (C=O) groups is 1. The Morgan fingerprint density at radius 3 is 2.92 bits per heavy atom. The highest BCUT2D eigenvalue weighted by Gasteiger charge is 2.33. The second kappa shape index (κ2) is 7.00. The van der Waals surface area contributed by atoms with Gasteiger partial charge in [0.15, 0.2) is 0 Å². The lowest BCUT2D eigenvalue weighted by atomic mass is 9.83. The molecule has 2 aliphatic heterocycles. The highest BCUT2D eigenvalue weighted by Crippen LogP contribution is 2.31. The maximum Gasteiger partial charge on any atom is 0.267 e. The number of carbonyl (C=O) groups excluding carboxylic acids is 1. The Morgan fingerprint density at radius 1 is 1.24 bits per heavy atom. The maximum atomic E-state index is 12.8. The van der Waals surface area contributed by atoms with E-state index in [2.05, 4.69) is 10.2 Å². The lowest BCUT2D eigenvalue weighted by Gasteiger charge is -2.44. The average molecular weight is 360 g/mol. The van der Waals surface area contributed by atoms with Gasteiger partial charge in [-0.3, -0.25) is 4.79 Å². The zero-order chi connectivity index (χ0) is 17.4. The fourth-order valence-corrected chi connectivity index (χ4v) is 4.90. The number of benzene rings is 1. The van der Waals surface area contributed by atoms with Gasteiger partial charge in [-0.1, -0.05) is 24.1 Å². The standard InChI is InChI=1S/C20H26ClN3O/c1-23-18-9-4-7-16(21)15(18)12-19(23)20(25)22-13-14-6-5-11-24-10-3-2-8-17(14)24/h4,7,9,12,14,17H,2-3,5-6,8,10-11,13H2,1H3,(H,22,25)/t14-,17-/m1/s1. The van der Waals surface area contributed by atoms with Crippen molar-refractivity contribution in [3.05, 3.63) is 35.0 Å². The van der Waals surface area contributed by atoms with E-state index in [0.29, 0.717) is 22.7 Å². The SMILES string of the molecule is Cn1c(C(=O)NC[C@H]2CCCN3CCCC[C@H]23)cc2c(Cl)cccc21. The van der Waals surface area contributed by atoms with Gasteiger partial charge in [0.2, 0.25) is 0 Å². The number of piperidine rings is 2. The number of aromatic nitrogens is 1. The van der Waals surface area contributed by atoms with Gasteiger partial charge in [0.1, 0.15) is 5.69 Å². The zero-order valence-corrected chi connectivity index (χ0v) is 15.6. The lowest BCUT2D eigenvalue weighted by molar-refractivity contribution is 0.0574. The van der Waals surface area contributed by atoms with Crippen LogP contribution in [-0.2, 0) is 7.05 Å². The first-order chi connectivity index (χ1) is 12.1. The Morgan fingerprint density at radius 2 is 2.08 bits per heavy atom. The normalized spacial score (nSPS) is 24.2. The molecule has 5 heteroatoms. The van der Waals surface area contributed by atoms with Crippen molar-refractivity contribution in [3.63, 3.8) is 0 Å². The van der Waals surface area contributed by atoms with Crippen LogP contribution in [0.2, 0.25) is 5.02 Å². The Kier molecular flexibility index (Phi) is 4.74. The summed E-state index contributed by atoms with van der Waals surface area (Å²) in [4.78, 5) is 15.4. The topological polar surface area (TPSA) is 37.3 Å². The van der Waals surface area contributed by atoms with E-state index >= 15 is 0 Å². The van der Waals surface area contributed by atoms with Crippen LogP contribution >= 0.6 is 11.6 Å². The van der Waals surface area contributed by atoms with Crippen LogP contribution in [-0.4, -0.2) is 41.1 Å². The van der Waals surface area contributed by atoms with Gasteiger partial charge in [0.05, 0.1) is 0 Å². The number of nitrogens with one attached hydrogen (secondary N) is 1. The Balaban J connectivity index is 1.47. The lowest BCUT2D eigenvalue weighted by Crippen LogP contribution is -2.51. The fourth-order valence-electron chi connectivity index (χ4n) is 4.67. The molecule has 1 aromatic carbocycles. The van der Waals surface area contributed by atoms with Crippen molar-refractivity contribution in [3.8, 4) is 0 Å². The van der Waals surface area contributed by atoms with Gasteiger partial charge in [0, 0.05) is 35.6 Å². The molecular formula is C20H26ClN3O. The largest absolute Gasteiger partial charge is 0.350 e. The van der Waals surface area contributed by atoms with E-state index in [0.717, 1.165) is 17.4 Å². The van der Waals surface area contributed by atoms with Crippen LogP contribution in [0.3, 0.4) is 0 Å². The first kappa shape index (κ1) is 16.9. The number of rotatable bonds is 3. The van der Waals surface area contributed by atoms with Crippen molar-refractivity contribution >= 4 is 28.4 Å². The molecule has 2 atom stereocenters. The molecule has 0 unspecified atom stereocenters. The predicted molar refractivity (Wildman–Crippen MR) is 102 cm³/mol. The quantitative estimate of drug-likeness (QED) is 0.904. The smallest absolute Gasteiger partial charge is 0.267 e. The molecule has 0 saturated carbocycles. The van der Waals surface area contributed by atoms with E-state index in [9.17, 15) is 4.79 Å². The van der Waals surface area contributed by atoms with Crippen molar-refractivity contribution in [1.29, 1.82) is 0 Å². The molecule has 1 N–H and O–H groups in total. The molecule has 0 aliphatic carbocycles. The highest BCUT2D eigenvalue weighted by molar-refractivity contribution is 6.35. The molecular weight excluding hydrogens is 334 g/mol.